The molecule has 138 valence electrons. The number of hydrogen-bond acceptors (Lipinski definition) is 4. The highest BCUT2D eigenvalue weighted by Gasteiger charge is 2.15. The van der Waals surface area contributed by atoms with Crippen molar-refractivity contribution in [3.63, 3.8) is 0 Å². The number of hydrogen-bond donors (Lipinski definition) is 1. The Morgan fingerprint density at radius 1 is 0.852 bits per heavy atom. The smallest absolute Gasteiger partial charge is 0.338 e. The number of carbonyl (C=O) groups excluding carboxylic acids is 1. The van der Waals surface area contributed by atoms with Crippen LogP contribution in [0.25, 0.3) is 11.1 Å². The number of ether oxygens (including phenoxy) is 1. The van der Waals surface area contributed by atoms with Crippen LogP contribution in [0.4, 0.5) is 5.69 Å². The molecule has 0 bridgehead atoms. The molecule has 0 spiro atoms. The van der Waals surface area contributed by atoms with Crippen LogP contribution in [0.2, 0.25) is 0 Å². The fraction of sp³-hybridized carbons (Fsp3) is 0.0952. The summed E-state index contributed by atoms with van der Waals surface area (Å²) in [7, 11) is -3.72. The van der Waals surface area contributed by atoms with Gasteiger partial charge in [0.25, 0.3) is 10.0 Å². The van der Waals surface area contributed by atoms with Gasteiger partial charge in [-0.15, -0.1) is 0 Å². The molecule has 0 unspecified atom stereocenters. The van der Waals surface area contributed by atoms with Crippen molar-refractivity contribution in [2.24, 2.45) is 0 Å². The Hall–Kier alpha value is -3.12. The number of anilines is 1. The lowest BCUT2D eigenvalue weighted by molar-refractivity contribution is 0.0526. The van der Waals surface area contributed by atoms with Gasteiger partial charge in [0.15, 0.2) is 0 Å². The molecule has 0 fully saturated rings. The fourth-order valence-electron chi connectivity index (χ4n) is 2.56. The lowest BCUT2D eigenvalue weighted by Gasteiger charge is -2.10. The largest absolute Gasteiger partial charge is 0.462 e. The minimum Gasteiger partial charge on any atom is -0.462 e. The van der Waals surface area contributed by atoms with E-state index in [-0.39, 0.29) is 11.5 Å². The van der Waals surface area contributed by atoms with Crippen LogP contribution in [0, 0.1) is 0 Å². The first kappa shape index (κ1) is 18.7. The number of esters is 1. The maximum absolute atomic E-state index is 12.6. The average Bonchev–Trinajstić information content (AvgIpc) is 2.69. The third-order valence-electron chi connectivity index (χ3n) is 3.92. The number of rotatable bonds is 6. The molecule has 5 nitrogen and oxygen atoms in total. The van der Waals surface area contributed by atoms with Crippen molar-refractivity contribution in [3.05, 3.63) is 84.4 Å². The van der Waals surface area contributed by atoms with Crippen molar-refractivity contribution >= 4 is 21.7 Å². The van der Waals surface area contributed by atoms with E-state index < -0.39 is 16.0 Å². The van der Waals surface area contributed by atoms with Crippen LogP contribution in [-0.2, 0) is 14.8 Å². The van der Waals surface area contributed by atoms with Crippen LogP contribution in [0.3, 0.4) is 0 Å². The summed E-state index contributed by atoms with van der Waals surface area (Å²) in [6.45, 7) is 2.01. The van der Waals surface area contributed by atoms with Crippen molar-refractivity contribution < 1.29 is 17.9 Å². The molecule has 0 heterocycles. The minimum absolute atomic E-state index is 0.164. The van der Waals surface area contributed by atoms with E-state index in [1.54, 1.807) is 31.2 Å². The Kier molecular flexibility index (Phi) is 5.57. The van der Waals surface area contributed by atoms with E-state index in [0.717, 1.165) is 11.1 Å². The monoisotopic (exact) mass is 381 g/mol. The van der Waals surface area contributed by atoms with Crippen molar-refractivity contribution in [1.29, 1.82) is 0 Å². The SMILES string of the molecule is CCOC(=O)c1ccc(NS(=O)(=O)c2ccc(-c3ccccc3)cc2)cc1. The Balaban J connectivity index is 1.75. The van der Waals surface area contributed by atoms with Gasteiger partial charge in [0.2, 0.25) is 0 Å². The number of benzene rings is 3. The summed E-state index contributed by atoms with van der Waals surface area (Å²) in [4.78, 5) is 11.8. The molecule has 0 aliphatic carbocycles. The van der Waals surface area contributed by atoms with E-state index in [1.165, 1.54) is 24.3 Å². The van der Waals surface area contributed by atoms with E-state index in [9.17, 15) is 13.2 Å². The van der Waals surface area contributed by atoms with Crippen LogP contribution in [0.15, 0.2) is 83.8 Å². The zero-order chi connectivity index (χ0) is 19.3. The molecule has 0 aromatic heterocycles. The van der Waals surface area contributed by atoms with Gasteiger partial charge in [-0.2, -0.15) is 0 Å². The fourth-order valence-corrected chi connectivity index (χ4v) is 3.62. The normalized spacial score (nSPS) is 11.0. The first-order valence-corrected chi connectivity index (χ1v) is 9.93. The molecule has 0 amide bonds. The molecule has 0 radical (unpaired) electrons. The summed E-state index contributed by atoms with van der Waals surface area (Å²) in [6.07, 6.45) is 0. The highest BCUT2D eigenvalue weighted by atomic mass is 32.2. The van der Waals surface area contributed by atoms with Crippen LogP contribution in [0.1, 0.15) is 17.3 Å². The molecule has 0 aliphatic heterocycles. The number of sulfonamides is 1. The predicted molar refractivity (Wildman–Crippen MR) is 105 cm³/mol. The molecule has 3 aromatic rings. The standard InChI is InChI=1S/C21H19NO4S/c1-2-26-21(23)18-8-12-19(13-9-18)22-27(24,25)20-14-10-17(11-15-20)16-6-4-3-5-7-16/h3-15,22H,2H2,1H3. The number of nitrogens with one attached hydrogen (secondary N) is 1. The molecule has 6 heteroatoms. The molecule has 27 heavy (non-hydrogen) atoms. The van der Waals surface area contributed by atoms with Crippen LogP contribution < -0.4 is 4.72 Å². The summed E-state index contributed by atoms with van der Waals surface area (Å²) >= 11 is 0. The Bertz CT molecular complexity index is 1010. The van der Waals surface area contributed by atoms with Crippen molar-refractivity contribution in [2.75, 3.05) is 11.3 Å². The number of carbonyl (C=O) groups is 1. The molecular formula is C21H19NO4S. The van der Waals surface area contributed by atoms with Crippen LogP contribution in [-0.4, -0.2) is 21.0 Å². The van der Waals surface area contributed by atoms with E-state index in [0.29, 0.717) is 11.3 Å². The molecule has 1 N–H and O–H groups in total. The summed E-state index contributed by atoms with van der Waals surface area (Å²) in [5.41, 5.74) is 2.69. The second-order valence-corrected chi connectivity index (χ2v) is 7.48. The zero-order valence-electron chi connectivity index (χ0n) is 14.8. The molecule has 3 rings (SSSR count). The van der Waals surface area contributed by atoms with Gasteiger partial charge in [-0.1, -0.05) is 42.5 Å². The van der Waals surface area contributed by atoms with Gasteiger partial charge >= 0.3 is 5.97 Å². The molecule has 0 saturated carbocycles. The van der Waals surface area contributed by atoms with Gasteiger partial charge in [-0.25, -0.2) is 13.2 Å². The molecular weight excluding hydrogens is 362 g/mol. The van der Waals surface area contributed by atoms with Crippen molar-refractivity contribution in [1.82, 2.24) is 0 Å². The van der Waals surface area contributed by atoms with Crippen molar-refractivity contribution in [3.8, 4) is 11.1 Å². The minimum atomic E-state index is -3.72. The Morgan fingerprint density at radius 3 is 2.04 bits per heavy atom. The molecule has 0 aliphatic rings. The highest BCUT2D eigenvalue weighted by Crippen LogP contribution is 2.22. The quantitative estimate of drug-likeness (QED) is 0.645. The maximum Gasteiger partial charge on any atom is 0.338 e. The summed E-state index contributed by atoms with van der Waals surface area (Å²) in [5, 5.41) is 0. The van der Waals surface area contributed by atoms with E-state index in [4.69, 9.17) is 4.74 Å². The third kappa shape index (κ3) is 4.54. The second kappa shape index (κ2) is 8.05. The van der Waals surface area contributed by atoms with Gasteiger partial charge in [0.1, 0.15) is 0 Å². The van der Waals surface area contributed by atoms with Crippen LogP contribution >= 0.6 is 0 Å². The topological polar surface area (TPSA) is 72.5 Å². The van der Waals surface area contributed by atoms with Gasteiger partial charge in [-0.3, -0.25) is 4.72 Å². The third-order valence-corrected chi connectivity index (χ3v) is 5.32. The van der Waals surface area contributed by atoms with Gasteiger partial charge in [-0.05, 0) is 54.4 Å². The maximum atomic E-state index is 12.6. The summed E-state index contributed by atoms with van der Waals surface area (Å²) in [5.74, 6) is -0.441. The van der Waals surface area contributed by atoms with Crippen molar-refractivity contribution in [2.45, 2.75) is 11.8 Å². The second-order valence-electron chi connectivity index (χ2n) is 5.79. The first-order valence-electron chi connectivity index (χ1n) is 8.45. The van der Waals surface area contributed by atoms with E-state index >= 15 is 0 Å². The average molecular weight is 381 g/mol. The zero-order valence-corrected chi connectivity index (χ0v) is 15.6. The van der Waals surface area contributed by atoms with E-state index in [2.05, 4.69) is 4.72 Å². The highest BCUT2D eigenvalue weighted by molar-refractivity contribution is 7.92. The molecule has 3 aromatic carbocycles. The summed E-state index contributed by atoms with van der Waals surface area (Å²) in [6, 6.07) is 22.5. The Morgan fingerprint density at radius 2 is 1.44 bits per heavy atom. The van der Waals surface area contributed by atoms with Gasteiger partial charge in [0, 0.05) is 5.69 Å². The lowest BCUT2D eigenvalue weighted by atomic mass is 10.1. The van der Waals surface area contributed by atoms with Crippen LogP contribution in [0.5, 0.6) is 0 Å². The predicted octanol–water partition coefficient (Wildman–Crippen LogP) is 4.33. The first-order chi connectivity index (χ1) is 13.0. The van der Waals surface area contributed by atoms with Gasteiger partial charge in [0.05, 0.1) is 17.1 Å². The molecule has 0 atom stereocenters. The molecule has 0 saturated heterocycles. The summed E-state index contributed by atoms with van der Waals surface area (Å²) < 4.78 is 32.6. The van der Waals surface area contributed by atoms with Gasteiger partial charge < -0.3 is 4.74 Å². The lowest BCUT2D eigenvalue weighted by Crippen LogP contribution is -2.13. The van der Waals surface area contributed by atoms with E-state index in [1.807, 2.05) is 30.3 Å². The Labute approximate surface area is 158 Å².